The van der Waals surface area contributed by atoms with E-state index in [1.807, 2.05) is 0 Å². The van der Waals surface area contributed by atoms with Crippen molar-refractivity contribution in [2.45, 2.75) is 89.5 Å². The molecule has 0 aliphatic carbocycles. The third-order valence-electron chi connectivity index (χ3n) is 4.73. The summed E-state index contributed by atoms with van der Waals surface area (Å²) in [6.07, 6.45) is 2.52. The minimum absolute atomic E-state index is 0.313. The first-order valence-corrected chi connectivity index (χ1v) is 23.6. The van der Waals surface area contributed by atoms with E-state index in [-0.39, 0.29) is 0 Å². The van der Waals surface area contributed by atoms with Crippen LogP contribution in [0.2, 0.25) is 64.5 Å². The van der Waals surface area contributed by atoms with Crippen molar-refractivity contribution in [1.82, 2.24) is 0 Å². The third kappa shape index (κ3) is 13.8. The molecule has 31 heavy (non-hydrogen) atoms. The van der Waals surface area contributed by atoms with Crippen LogP contribution in [0.3, 0.4) is 0 Å². The molecule has 11 heteroatoms. The van der Waals surface area contributed by atoms with Crippen molar-refractivity contribution >= 4 is 33.8 Å². The van der Waals surface area contributed by atoms with Gasteiger partial charge in [0, 0.05) is 13.2 Å². The second-order valence-electron chi connectivity index (χ2n) is 11.1. The summed E-state index contributed by atoms with van der Waals surface area (Å²) >= 11 is 0. The molecule has 184 valence electrons. The molecule has 0 bridgehead atoms. The van der Waals surface area contributed by atoms with E-state index in [1.54, 1.807) is 0 Å². The Balaban J connectivity index is 1.93. The number of hydrogen-bond donors (Lipinski definition) is 0. The largest absolute Gasteiger partial charge is 0.437 e. The topological polar surface area (TPSA) is 71.2 Å². The van der Waals surface area contributed by atoms with Crippen molar-refractivity contribution in [3.8, 4) is 0 Å². The molecule has 0 saturated carbocycles. The predicted octanol–water partition coefficient (Wildman–Crippen LogP) is 4.46. The third-order valence-corrected chi connectivity index (χ3v) is 19.1. The van der Waals surface area contributed by atoms with Gasteiger partial charge in [-0.15, -0.1) is 0 Å². The van der Waals surface area contributed by atoms with E-state index < -0.39 is 33.8 Å². The first-order valence-electron chi connectivity index (χ1n) is 11.8. The van der Waals surface area contributed by atoms with Crippen LogP contribution in [0.15, 0.2) is 0 Å². The van der Waals surface area contributed by atoms with Gasteiger partial charge in [-0.1, -0.05) is 0 Å². The number of ether oxygens (including phenoxy) is 4. The quantitative estimate of drug-likeness (QED) is 0.153. The second kappa shape index (κ2) is 11.8. The van der Waals surface area contributed by atoms with Crippen LogP contribution in [-0.4, -0.2) is 85.6 Å². The van der Waals surface area contributed by atoms with Gasteiger partial charge in [0.1, 0.15) is 12.2 Å². The molecule has 0 aromatic heterocycles. The van der Waals surface area contributed by atoms with Crippen LogP contribution >= 0.6 is 0 Å². The summed E-state index contributed by atoms with van der Waals surface area (Å²) in [7, 11) is -8.34. The van der Waals surface area contributed by atoms with Gasteiger partial charge < -0.3 is 31.3 Å². The van der Waals surface area contributed by atoms with Crippen LogP contribution in [0.1, 0.15) is 12.8 Å². The van der Waals surface area contributed by atoms with E-state index in [0.717, 1.165) is 51.4 Å². The minimum Gasteiger partial charge on any atom is -0.437 e. The maximum absolute atomic E-state index is 7.00. The molecular weight excluding hydrogens is 465 g/mol. The first kappa shape index (κ1) is 27.8. The highest BCUT2D eigenvalue weighted by Gasteiger charge is 2.46. The number of rotatable bonds is 18. The molecule has 0 N–H and O–H groups in total. The summed E-state index contributed by atoms with van der Waals surface area (Å²) in [5, 5.41) is 0. The fraction of sp³-hybridized carbons (Fsp3) is 1.00. The van der Waals surface area contributed by atoms with Gasteiger partial charge in [0.25, 0.3) is 0 Å². The van der Waals surface area contributed by atoms with Gasteiger partial charge in [-0.3, -0.25) is 0 Å². The second-order valence-corrected chi connectivity index (χ2v) is 27.5. The van der Waals surface area contributed by atoms with Crippen molar-refractivity contribution < 1.29 is 31.3 Å². The van der Waals surface area contributed by atoms with Crippen LogP contribution in [-0.2, 0) is 31.3 Å². The highest BCUT2D eigenvalue weighted by Crippen LogP contribution is 2.30. The molecule has 0 spiro atoms. The Morgan fingerprint density at radius 3 is 1.26 bits per heavy atom. The van der Waals surface area contributed by atoms with Crippen molar-refractivity contribution in [1.29, 1.82) is 0 Å². The molecule has 2 fully saturated rings. The SMILES string of the molecule is C[Si](C)(C)O[Si](C)(CCCOC[C@H]1CO1)O[Si](C)(CCCOC[C@H]1CO1)O[Si](C)(C)C. The van der Waals surface area contributed by atoms with Gasteiger partial charge in [-0.25, -0.2) is 0 Å². The number of hydrogen-bond acceptors (Lipinski definition) is 7. The van der Waals surface area contributed by atoms with Gasteiger partial charge in [0.05, 0.1) is 26.4 Å². The lowest BCUT2D eigenvalue weighted by Crippen LogP contribution is -2.58. The summed E-state index contributed by atoms with van der Waals surface area (Å²) in [5.41, 5.74) is 0. The molecule has 2 unspecified atom stereocenters. The zero-order valence-corrected chi connectivity index (χ0v) is 25.1. The van der Waals surface area contributed by atoms with Gasteiger partial charge in [-0.2, -0.15) is 0 Å². The first-order chi connectivity index (χ1) is 14.3. The van der Waals surface area contributed by atoms with E-state index in [9.17, 15) is 0 Å². The molecule has 0 radical (unpaired) electrons. The Hall–Kier alpha value is 0.588. The summed E-state index contributed by atoms with van der Waals surface area (Å²) in [6.45, 7) is 22.5. The molecule has 0 aromatic carbocycles. The van der Waals surface area contributed by atoms with E-state index in [4.69, 9.17) is 31.3 Å². The molecule has 7 nitrogen and oxygen atoms in total. The van der Waals surface area contributed by atoms with Gasteiger partial charge in [0.15, 0.2) is 16.6 Å². The molecule has 4 atom stereocenters. The Labute approximate surface area is 194 Å². The summed E-state index contributed by atoms with van der Waals surface area (Å²) in [4.78, 5) is 0. The maximum atomic E-state index is 7.00. The highest BCUT2D eigenvalue weighted by atomic mass is 28.5. The van der Waals surface area contributed by atoms with E-state index >= 15 is 0 Å². The standard InChI is InChI=1S/C20H46O7Si4/c1-28(2,3)25-30(7,13-9-11-21-15-19-17-23-19)27-31(8,26-29(4,5)6)14-10-12-22-16-20-18-24-20/h19-20H,9-18H2,1-8H3/t19-,20-,30?,31?/m0/s1. The molecule has 0 aromatic rings. The lowest BCUT2D eigenvalue weighted by Gasteiger charge is -2.43. The van der Waals surface area contributed by atoms with Crippen molar-refractivity contribution in [3.05, 3.63) is 0 Å². The fourth-order valence-electron chi connectivity index (χ4n) is 3.75. The van der Waals surface area contributed by atoms with Crippen molar-refractivity contribution in [3.63, 3.8) is 0 Å². The lowest BCUT2D eigenvalue weighted by atomic mass is 10.5. The summed E-state index contributed by atoms with van der Waals surface area (Å²) in [5.74, 6) is 0. The van der Waals surface area contributed by atoms with Crippen molar-refractivity contribution in [2.75, 3.05) is 39.6 Å². The van der Waals surface area contributed by atoms with Crippen LogP contribution in [0.4, 0.5) is 0 Å². The van der Waals surface area contributed by atoms with Crippen LogP contribution in [0.25, 0.3) is 0 Å². The Morgan fingerprint density at radius 2 is 0.968 bits per heavy atom. The Morgan fingerprint density at radius 1 is 0.613 bits per heavy atom. The average molecular weight is 511 g/mol. The van der Waals surface area contributed by atoms with Crippen LogP contribution in [0, 0.1) is 0 Å². The molecule has 2 heterocycles. The van der Waals surface area contributed by atoms with Crippen LogP contribution in [0.5, 0.6) is 0 Å². The zero-order chi connectivity index (χ0) is 23.2. The average Bonchev–Trinajstić information content (AvgIpc) is 3.45. The Bertz CT molecular complexity index is 489. The summed E-state index contributed by atoms with van der Waals surface area (Å²) in [6, 6.07) is 1.85. The van der Waals surface area contributed by atoms with Crippen LogP contribution < -0.4 is 0 Å². The molecule has 2 aliphatic rings. The molecular formula is C20H46O7Si4. The number of epoxide rings is 2. The molecule has 2 aliphatic heterocycles. The Kier molecular flexibility index (Phi) is 10.6. The maximum Gasteiger partial charge on any atom is 0.315 e. The normalized spacial score (nSPS) is 25.2. The molecule has 0 amide bonds. The van der Waals surface area contributed by atoms with Gasteiger partial charge >= 0.3 is 17.1 Å². The molecule has 2 saturated heterocycles. The van der Waals surface area contributed by atoms with Crippen molar-refractivity contribution in [2.24, 2.45) is 0 Å². The monoisotopic (exact) mass is 510 g/mol. The predicted molar refractivity (Wildman–Crippen MR) is 133 cm³/mol. The fourth-order valence-corrected chi connectivity index (χ4v) is 22.1. The smallest absolute Gasteiger partial charge is 0.315 e. The van der Waals surface area contributed by atoms with Gasteiger partial charge in [0.2, 0.25) is 0 Å². The van der Waals surface area contributed by atoms with E-state index in [0.29, 0.717) is 25.4 Å². The van der Waals surface area contributed by atoms with E-state index in [2.05, 4.69) is 52.4 Å². The van der Waals surface area contributed by atoms with E-state index in [1.165, 1.54) is 0 Å². The highest BCUT2D eigenvalue weighted by molar-refractivity contribution is 6.89. The zero-order valence-electron chi connectivity index (χ0n) is 21.1. The minimum atomic E-state index is -2.41. The lowest BCUT2D eigenvalue weighted by molar-refractivity contribution is 0.114. The summed E-state index contributed by atoms with van der Waals surface area (Å²) < 4.78 is 42.5. The van der Waals surface area contributed by atoms with Gasteiger partial charge in [-0.05, 0) is 77.3 Å². The molecule has 2 rings (SSSR count).